The van der Waals surface area contributed by atoms with Gasteiger partial charge in [0, 0.05) is 29.2 Å². The Morgan fingerprint density at radius 1 is 1.16 bits per heavy atom. The van der Waals surface area contributed by atoms with Crippen LogP contribution >= 0.6 is 0 Å². The van der Waals surface area contributed by atoms with E-state index in [0.29, 0.717) is 6.07 Å². The van der Waals surface area contributed by atoms with Crippen molar-refractivity contribution in [2.75, 3.05) is 0 Å². The topological polar surface area (TPSA) is 58.2 Å². The van der Waals surface area contributed by atoms with Gasteiger partial charge in [0.05, 0.1) is 23.6 Å². The zero-order chi connectivity index (χ0) is 23.1. The van der Waals surface area contributed by atoms with E-state index < -0.39 is 70.2 Å². The van der Waals surface area contributed by atoms with Gasteiger partial charge in [-0.1, -0.05) is 18.2 Å². The van der Waals surface area contributed by atoms with E-state index in [0.717, 1.165) is 25.5 Å². The van der Waals surface area contributed by atoms with E-state index in [1.165, 1.54) is 19.1 Å². The summed E-state index contributed by atoms with van der Waals surface area (Å²) in [4.78, 5) is 25.1. The van der Waals surface area contributed by atoms with Gasteiger partial charge < -0.3 is 10.6 Å². The van der Waals surface area contributed by atoms with E-state index in [9.17, 15) is 35.9 Å². The fourth-order valence-electron chi connectivity index (χ4n) is 3.58. The van der Waals surface area contributed by atoms with E-state index in [1.54, 1.807) is 0 Å². The van der Waals surface area contributed by atoms with Crippen LogP contribution in [-0.4, -0.2) is 24.0 Å². The number of hydrogen-bond acceptors (Lipinski definition) is 2. The largest absolute Gasteiger partial charge is 0.417 e. The van der Waals surface area contributed by atoms with Crippen molar-refractivity contribution in [3.05, 3.63) is 76.5 Å². The first-order chi connectivity index (χ1) is 14.4. The minimum absolute atomic E-state index is 0.0964. The fraction of sp³-hybridized carbons (Fsp3) is 0.286. The second-order valence-electron chi connectivity index (χ2n) is 7.17. The molecule has 1 radical (unpaired) electrons. The van der Waals surface area contributed by atoms with Crippen LogP contribution in [0.5, 0.6) is 0 Å². The second kappa shape index (κ2) is 8.24. The van der Waals surface area contributed by atoms with Gasteiger partial charge in [0.1, 0.15) is 17.5 Å². The maximum Gasteiger partial charge on any atom is 0.417 e. The van der Waals surface area contributed by atoms with Crippen LogP contribution in [-0.2, 0) is 9.59 Å². The average Bonchev–Trinajstić information content (AvgIpc) is 2.65. The van der Waals surface area contributed by atoms with Crippen molar-refractivity contribution in [3.8, 4) is 0 Å². The molecule has 1 heterocycles. The molecule has 3 atom stereocenters. The number of rotatable bonds is 4. The second-order valence-corrected chi connectivity index (χ2v) is 7.17. The Labute approximate surface area is 173 Å². The summed E-state index contributed by atoms with van der Waals surface area (Å²) in [6.45, 7) is 2.41. The first-order valence-electron chi connectivity index (χ1n) is 9.21. The predicted molar refractivity (Wildman–Crippen MR) is 98.7 cm³/mol. The number of allylic oxidation sites excluding steroid dienone is 2. The first-order valence-corrected chi connectivity index (χ1v) is 9.21. The van der Waals surface area contributed by atoms with E-state index in [1.807, 2.05) is 0 Å². The molecular weight excluding hydrogens is 426 g/mol. The Morgan fingerprint density at radius 3 is 2.45 bits per heavy atom. The van der Waals surface area contributed by atoms with E-state index in [4.69, 9.17) is 0 Å². The van der Waals surface area contributed by atoms with Crippen LogP contribution in [0.15, 0.2) is 52.9 Å². The van der Waals surface area contributed by atoms with Gasteiger partial charge >= 0.3 is 6.18 Å². The number of nitrogens with one attached hydrogen (secondary N) is 2. The lowest BCUT2D eigenvalue weighted by Gasteiger charge is -2.34. The molecule has 1 unspecified atom stereocenters. The molecule has 4 nitrogen and oxygen atoms in total. The van der Waals surface area contributed by atoms with Crippen LogP contribution in [0.2, 0.25) is 0 Å². The van der Waals surface area contributed by atoms with Crippen LogP contribution in [0.3, 0.4) is 0 Å². The highest BCUT2D eigenvalue weighted by atomic mass is 19.4. The molecule has 0 aromatic heterocycles. The molecule has 2 aliphatic rings. The van der Waals surface area contributed by atoms with Crippen molar-refractivity contribution in [3.63, 3.8) is 0 Å². The molecule has 2 amide bonds. The molecule has 2 N–H and O–H groups in total. The molecule has 0 saturated carbocycles. The molecule has 165 valence electrons. The Morgan fingerprint density at radius 2 is 1.84 bits per heavy atom. The van der Waals surface area contributed by atoms with Crippen molar-refractivity contribution in [2.45, 2.75) is 32.1 Å². The third-order valence-electron chi connectivity index (χ3n) is 5.08. The number of halogens is 6. The van der Waals surface area contributed by atoms with Crippen molar-refractivity contribution in [1.82, 2.24) is 10.6 Å². The van der Waals surface area contributed by atoms with Crippen LogP contribution in [0.4, 0.5) is 26.3 Å². The van der Waals surface area contributed by atoms with Gasteiger partial charge in [-0.15, -0.1) is 0 Å². The highest BCUT2D eigenvalue weighted by Crippen LogP contribution is 2.43. The molecule has 0 saturated heterocycles. The molecule has 1 aromatic rings. The highest BCUT2D eigenvalue weighted by Gasteiger charge is 2.49. The minimum Gasteiger partial charge on any atom is -0.349 e. The third kappa shape index (κ3) is 4.38. The lowest BCUT2D eigenvalue weighted by Crippen LogP contribution is -2.48. The summed E-state index contributed by atoms with van der Waals surface area (Å²) in [5.74, 6) is -6.79. The smallest absolute Gasteiger partial charge is 0.349 e. The summed E-state index contributed by atoms with van der Waals surface area (Å²) in [7, 11) is 0. The lowest BCUT2D eigenvalue weighted by molar-refractivity contribution is -0.128. The van der Waals surface area contributed by atoms with Crippen LogP contribution in [0, 0.1) is 24.0 Å². The quantitative estimate of drug-likeness (QED) is 0.688. The van der Waals surface area contributed by atoms with Gasteiger partial charge in [-0.05, 0) is 19.9 Å². The molecule has 3 rings (SSSR count). The number of alkyl halides is 3. The normalized spacial score (nSPS) is 20.9. The number of hydrogen-bond donors (Lipinski definition) is 2. The van der Waals surface area contributed by atoms with Crippen molar-refractivity contribution in [2.24, 2.45) is 5.92 Å². The van der Waals surface area contributed by atoms with Gasteiger partial charge in [-0.2, -0.15) is 13.2 Å². The Hall–Kier alpha value is -3.04. The van der Waals surface area contributed by atoms with Crippen LogP contribution in [0.25, 0.3) is 0 Å². The van der Waals surface area contributed by atoms with Gasteiger partial charge in [0.25, 0.3) is 0 Å². The Balaban J connectivity index is 1.98. The average molecular weight is 443 g/mol. The SMILES string of the molecule is C[C@@H](C(=O)N[C@@H](C)c1ccc(F)cc1F)C1=C(C(F)(F)F)C2=C(F)[CH]C=CC2NC1=O. The van der Waals surface area contributed by atoms with Gasteiger partial charge in [-0.3, -0.25) is 9.59 Å². The Bertz CT molecular complexity index is 1030. The lowest BCUT2D eigenvalue weighted by atomic mass is 9.81. The minimum atomic E-state index is -5.11. The highest BCUT2D eigenvalue weighted by molar-refractivity contribution is 6.03. The summed E-state index contributed by atoms with van der Waals surface area (Å²) in [6.07, 6.45) is -1.90. The van der Waals surface area contributed by atoms with Crippen molar-refractivity contribution < 1.29 is 35.9 Å². The number of carbonyl (C=O) groups is 2. The summed E-state index contributed by atoms with van der Waals surface area (Å²) in [5, 5.41) is 4.57. The zero-order valence-corrected chi connectivity index (χ0v) is 16.3. The third-order valence-corrected chi connectivity index (χ3v) is 5.08. The number of carbonyl (C=O) groups excluding carboxylic acids is 2. The molecule has 10 heteroatoms. The molecule has 31 heavy (non-hydrogen) atoms. The van der Waals surface area contributed by atoms with E-state index in [-0.39, 0.29) is 5.56 Å². The maximum atomic E-state index is 14.3. The first kappa shape index (κ1) is 22.6. The van der Waals surface area contributed by atoms with Crippen LogP contribution in [0.1, 0.15) is 25.5 Å². The number of amides is 2. The predicted octanol–water partition coefficient (Wildman–Crippen LogP) is 4.13. The fourth-order valence-corrected chi connectivity index (χ4v) is 3.58. The van der Waals surface area contributed by atoms with Gasteiger partial charge in [-0.25, -0.2) is 13.2 Å². The van der Waals surface area contributed by atoms with E-state index in [2.05, 4.69) is 10.6 Å². The van der Waals surface area contributed by atoms with Crippen LogP contribution < -0.4 is 10.6 Å². The number of benzene rings is 1. The number of fused-ring (bicyclic) bond motifs is 1. The molecule has 0 bridgehead atoms. The molecular formula is C21H17F6N2O2. The molecule has 1 aliphatic carbocycles. The molecule has 1 aliphatic heterocycles. The van der Waals surface area contributed by atoms with Gasteiger partial charge in [0.2, 0.25) is 11.8 Å². The molecule has 1 aromatic carbocycles. The Kier molecular flexibility index (Phi) is 6.02. The monoisotopic (exact) mass is 443 g/mol. The zero-order valence-electron chi connectivity index (χ0n) is 16.3. The molecule has 0 spiro atoms. The maximum absolute atomic E-state index is 14.3. The van der Waals surface area contributed by atoms with Crippen molar-refractivity contribution >= 4 is 11.8 Å². The summed E-state index contributed by atoms with van der Waals surface area (Å²) in [5.41, 5.74) is -3.33. The summed E-state index contributed by atoms with van der Waals surface area (Å²) in [6, 6.07) is 0.296. The van der Waals surface area contributed by atoms with Gasteiger partial charge in [0.15, 0.2) is 0 Å². The summed E-state index contributed by atoms with van der Waals surface area (Å²) < 4.78 is 82.9. The van der Waals surface area contributed by atoms with Crippen molar-refractivity contribution in [1.29, 1.82) is 0 Å². The molecule has 0 fully saturated rings. The standard InChI is InChI=1S/C21H17F6N2O2/c1-9(19(30)28-10(2)12-7-6-11(22)8-14(12)24)16-18(21(25,26)27)17-13(23)4-3-5-15(17)29-20(16)31/h3-10,15H,1-2H3,(H,28,30)(H,29,31)/t9-,10+,15?/m1/s1. The summed E-state index contributed by atoms with van der Waals surface area (Å²) >= 11 is 0. The van der Waals surface area contributed by atoms with E-state index >= 15 is 0 Å².